The van der Waals surface area contributed by atoms with Gasteiger partial charge in [-0.15, -0.1) is 0 Å². The van der Waals surface area contributed by atoms with Crippen LogP contribution in [0.25, 0.3) is 0 Å². The number of aromatic nitrogens is 2. The van der Waals surface area contributed by atoms with Crippen LogP contribution in [0.2, 0.25) is 0 Å². The van der Waals surface area contributed by atoms with E-state index in [2.05, 4.69) is 23.4 Å². The molecule has 1 aromatic heterocycles. The fraction of sp³-hybridized carbons (Fsp3) is 0.727. The molecule has 0 spiro atoms. The summed E-state index contributed by atoms with van der Waals surface area (Å²) in [4.78, 5) is 4.27. The molecule has 0 bridgehead atoms. The van der Waals surface area contributed by atoms with Crippen molar-refractivity contribution in [2.24, 2.45) is 5.41 Å². The molecule has 1 aliphatic carbocycles. The molecule has 1 aromatic rings. The second-order valence-corrected chi connectivity index (χ2v) is 4.50. The molecule has 0 radical (unpaired) electrons. The predicted octanol–water partition coefficient (Wildman–Crippen LogP) is 1.61. The first-order chi connectivity index (χ1) is 6.65. The maximum absolute atomic E-state index is 9.99. The second-order valence-electron chi connectivity index (χ2n) is 4.50. The van der Waals surface area contributed by atoms with Crippen molar-refractivity contribution < 1.29 is 5.11 Å². The molecule has 14 heavy (non-hydrogen) atoms. The van der Waals surface area contributed by atoms with Gasteiger partial charge in [0, 0.05) is 25.4 Å². The van der Waals surface area contributed by atoms with Gasteiger partial charge in [0.15, 0.2) is 0 Å². The summed E-state index contributed by atoms with van der Waals surface area (Å²) < 4.78 is 2.09. The molecule has 1 heterocycles. The van der Waals surface area contributed by atoms with E-state index in [9.17, 15) is 5.11 Å². The normalized spacial score (nSPS) is 20.8. The van der Waals surface area contributed by atoms with Crippen LogP contribution >= 0.6 is 0 Å². The Morgan fingerprint density at radius 3 is 2.93 bits per heavy atom. The molecule has 1 N–H and O–H groups in total. The average molecular weight is 194 g/mol. The monoisotopic (exact) mass is 194 g/mol. The summed E-state index contributed by atoms with van der Waals surface area (Å²) in [7, 11) is 0. The Kier molecular flexibility index (Phi) is 2.35. The minimum absolute atomic E-state index is 0.171. The van der Waals surface area contributed by atoms with Crippen molar-refractivity contribution in [2.75, 3.05) is 0 Å². The molecule has 1 aliphatic rings. The van der Waals surface area contributed by atoms with Crippen molar-refractivity contribution in [3.05, 3.63) is 18.2 Å². The highest BCUT2D eigenvalue weighted by molar-refractivity contribution is 5.02. The molecule has 3 nitrogen and oxygen atoms in total. The lowest BCUT2D eigenvalue weighted by Crippen LogP contribution is -2.23. The maximum atomic E-state index is 9.99. The van der Waals surface area contributed by atoms with Gasteiger partial charge in [0.2, 0.25) is 0 Å². The number of imidazole rings is 1. The van der Waals surface area contributed by atoms with Crippen molar-refractivity contribution in [3.8, 4) is 0 Å². The highest BCUT2D eigenvalue weighted by Crippen LogP contribution is 2.48. The summed E-state index contributed by atoms with van der Waals surface area (Å²) in [6.45, 7) is 5.17. The molecule has 0 amide bonds. The summed E-state index contributed by atoms with van der Waals surface area (Å²) in [5, 5.41) is 9.99. The van der Waals surface area contributed by atoms with Crippen molar-refractivity contribution in [1.82, 2.24) is 9.55 Å². The third kappa shape index (κ3) is 1.69. The van der Waals surface area contributed by atoms with E-state index in [4.69, 9.17) is 0 Å². The van der Waals surface area contributed by atoms with Crippen LogP contribution in [0.3, 0.4) is 0 Å². The molecule has 78 valence electrons. The van der Waals surface area contributed by atoms with E-state index in [1.807, 2.05) is 6.20 Å². The minimum atomic E-state index is -0.227. The molecule has 2 rings (SSSR count). The molecule has 3 heteroatoms. The SMILES string of the molecule is CCn1ccnc1CC(O)C1(C)CC1. The van der Waals surface area contributed by atoms with Crippen LogP contribution in [0.1, 0.15) is 32.5 Å². The van der Waals surface area contributed by atoms with E-state index in [-0.39, 0.29) is 11.5 Å². The second kappa shape index (κ2) is 3.39. The van der Waals surface area contributed by atoms with Gasteiger partial charge in [-0.3, -0.25) is 0 Å². The molecule has 0 aromatic carbocycles. The Bertz CT molecular complexity index is 315. The van der Waals surface area contributed by atoms with Crippen LogP contribution in [0.4, 0.5) is 0 Å². The Morgan fingerprint density at radius 2 is 2.36 bits per heavy atom. The first-order valence-corrected chi connectivity index (χ1v) is 5.34. The molecule has 0 saturated heterocycles. The Hall–Kier alpha value is -0.830. The lowest BCUT2D eigenvalue weighted by molar-refractivity contribution is 0.100. The number of aliphatic hydroxyl groups excluding tert-OH is 1. The van der Waals surface area contributed by atoms with Crippen molar-refractivity contribution in [2.45, 2.75) is 45.8 Å². The summed E-state index contributed by atoms with van der Waals surface area (Å²) >= 11 is 0. The first-order valence-electron chi connectivity index (χ1n) is 5.34. The number of nitrogens with zero attached hydrogens (tertiary/aromatic N) is 2. The molecule has 0 aliphatic heterocycles. The maximum Gasteiger partial charge on any atom is 0.111 e. The zero-order valence-electron chi connectivity index (χ0n) is 8.90. The van der Waals surface area contributed by atoms with Gasteiger partial charge in [-0.25, -0.2) is 4.98 Å². The van der Waals surface area contributed by atoms with Gasteiger partial charge in [0.25, 0.3) is 0 Å². The van der Waals surface area contributed by atoms with Crippen LogP contribution in [0, 0.1) is 5.41 Å². The Labute approximate surface area is 84.8 Å². The van der Waals surface area contributed by atoms with Crippen LogP contribution < -0.4 is 0 Å². The molecule has 1 atom stereocenters. The van der Waals surface area contributed by atoms with Gasteiger partial charge in [-0.05, 0) is 25.2 Å². The van der Waals surface area contributed by atoms with E-state index in [0.717, 1.165) is 25.2 Å². The van der Waals surface area contributed by atoms with Crippen molar-refractivity contribution in [1.29, 1.82) is 0 Å². The third-order valence-corrected chi connectivity index (χ3v) is 3.36. The minimum Gasteiger partial charge on any atom is -0.392 e. The standard InChI is InChI=1S/C11H18N2O/c1-3-13-7-6-12-10(13)8-9(14)11(2)4-5-11/h6-7,9,14H,3-5,8H2,1-2H3. The van der Waals surface area contributed by atoms with Gasteiger partial charge in [-0.1, -0.05) is 6.92 Å². The van der Waals surface area contributed by atoms with Gasteiger partial charge >= 0.3 is 0 Å². The molecule has 1 unspecified atom stereocenters. The zero-order valence-corrected chi connectivity index (χ0v) is 8.90. The van der Waals surface area contributed by atoms with E-state index in [0.29, 0.717) is 6.42 Å². The van der Waals surface area contributed by atoms with E-state index in [1.165, 1.54) is 0 Å². The summed E-state index contributed by atoms with van der Waals surface area (Å²) in [6.07, 6.45) is 6.55. The number of aryl methyl sites for hydroxylation is 1. The largest absolute Gasteiger partial charge is 0.392 e. The van der Waals surface area contributed by atoms with Crippen LogP contribution in [-0.2, 0) is 13.0 Å². The lowest BCUT2D eigenvalue weighted by atomic mass is 9.99. The third-order valence-electron chi connectivity index (χ3n) is 3.36. The number of aliphatic hydroxyl groups is 1. The number of rotatable bonds is 4. The van der Waals surface area contributed by atoms with E-state index in [1.54, 1.807) is 6.20 Å². The molecule has 1 saturated carbocycles. The van der Waals surface area contributed by atoms with Crippen LogP contribution in [0.15, 0.2) is 12.4 Å². The van der Waals surface area contributed by atoms with Crippen molar-refractivity contribution >= 4 is 0 Å². The van der Waals surface area contributed by atoms with Gasteiger partial charge in [0.1, 0.15) is 5.82 Å². The first kappa shape index (κ1) is 9.71. The molecule has 1 fully saturated rings. The highest BCUT2D eigenvalue weighted by Gasteiger charge is 2.44. The van der Waals surface area contributed by atoms with E-state index < -0.39 is 0 Å². The van der Waals surface area contributed by atoms with E-state index >= 15 is 0 Å². The van der Waals surface area contributed by atoms with Crippen LogP contribution in [0.5, 0.6) is 0 Å². The summed E-state index contributed by atoms with van der Waals surface area (Å²) in [5.74, 6) is 1.01. The lowest BCUT2D eigenvalue weighted by Gasteiger charge is -2.17. The highest BCUT2D eigenvalue weighted by atomic mass is 16.3. The van der Waals surface area contributed by atoms with Crippen molar-refractivity contribution in [3.63, 3.8) is 0 Å². The smallest absolute Gasteiger partial charge is 0.111 e. The average Bonchev–Trinajstić information content (AvgIpc) is 2.78. The fourth-order valence-electron chi connectivity index (χ4n) is 1.77. The van der Waals surface area contributed by atoms with Crippen LogP contribution in [-0.4, -0.2) is 20.8 Å². The number of hydrogen-bond acceptors (Lipinski definition) is 2. The number of hydrogen-bond donors (Lipinski definition) is 1. The van der Waals surface area contributed by atoms with Gasteiger partial charge in [0.05, 0.1) is 6.10 Å². The molecular weight excluding hydrogens is 176 g/mol. The Balaban J connectivity index is 2.03. The quantitative estimate of drug-likeness (QED) is 0.790. The predicted molar refractivity (Wildman–Crippen MR) is 55.0 cm³/mol. The summed E-state index contributed by atoms with van der Waals surface area (Å²) in [6, 6.07) is 0. The topological polar surface area (TPSA) is 38.0 Å². The van der Waals surface area contributed by atoms with Gasteiger partial charge < -0.3 is 9.67 Å². The molecular formula is C11H18N2O. The summed E-state index contributed by atoms with van der Waals surface area (Å²) in [5.41, 5.74) is 0.171. The van der Waals surface area contributed by atoms with Gasteiger partial charge in [-0.2, -0.15) is 0 Å². The fourth-order valence-corrected chi connectivity index (χ4v) is 1.77. The Morgan fingerprint density at radius 1 is 1.64 bits per heavy atom. The zero-order chi connectivity index (χ0) is 10.2.